The van der Waals surface area contributed by atoms with Crippen LogP contribution in [-0.4, -0.2) is 28.7 Å². The van der Waals surface area contributed by atoms with Crippen LogP contribution in [0.1, 0.15) is 0 Å². The summed E-state index contributed by atoms with van der Waals surface area (Å²) in [4.78, 5) is 7.07. The number of hydrogen-bond donors (Lipinski definition) is 2. The van der Waals surface area contributed by atoms with Crippen molar-refractivity contribution < 1.29 is 13.0 Å². The van der Waals surface area contributed by atoms with E-state index in [1.807, 2.05) is 24.3 Å². The topological polar surface area (TPSA) is 83.0 Å². The van der Waals surface area contributed by atoms with Gasteiger partial charge in [0, 0.05) is 0 Å². The molecule has 6 heteroatoms. The van der Waals surface area contributed by atoms with Gasteiger partial charge in [-0.25, -0.2) is 4.98 Å². The van der Waals surface area contributed by atoms with Gasteiger partial charge >= 0.3 is 0 Å². The van der Waals surface area contributed by atoms with Crippen LogP contribution in [0.4, 0.5) is 0 Å². The number of para-hydroxylation sites is 2. The summed E-state index contributed by atoms with van der Waals surface area (Å²) in [6, 6.07) is 7.94. The molecule has 5 nitrogen and oxygen atoms in total. The SMILES string of the molecule is C=CCS(=O)(=O)O.c1ccc2[nH]cnc2c1. The quantitative estimate of drug-likeness (QED) is 0.617. The fourth-order valence-electron chi connectivity index (χ4n) is 1.03. The Morgan fingerprint density at radius 1 is 1.44 bits per heavy atom. The molecule has 1 aromatic heterocycles. The highest BCUT2D eigenvalue weighted by Crippen LogP contribution is 2.05. The second-order valence-electron chi connectivity index (χ2n) is 2.96. The summed E-state index contributed by atoms with van der Waals surface area (Å²) in [5, 5.41) is 0. The molecule has 0 saturated carbocycles. The maximum absolute atomic E-state index is 9.72. The molecular weight excluding hydrogens is 228 g/mol. The average molecular weight is 240 g/mol. The van der Waals surface area contributed by atoms with Gasteiger partial charge in [0.25, 0.3) is 10.1 Å². The zero-order valence-corrected chi connectivity index (χ0v) is 9.31. The Morgan fingerprint density at radius 3 is 2.62 bits per heavy atom. The average Bonchev–Trinajstić information content (AvgIpc) is 2.64. The van der Waals surface area contributed by atoms with Gasteiger partial charge in [0.2, 0.25) is 0 Å². The maximum Gasteiger partial charge on any atom is 0.268 e. The van der Waals surface area contributed by atoms with Crippen molar-refractivity contribution in [3.63, 3.8) is 0 Å². The van der Waals surface area contributed by atoms with Crippen LogP contribution >= 0.6 is 0 Å². The summed E-state index contributed by atoms with van der Waals surface area (Å²) in [6.45, 7) is 3.11. The van der Waals surface area contributed by atoms with Gasteiger partial charge in [-0.05, 0) is 12.1 Å². The minimum absolute atomic E-state index is 0.368. The first-order chi connectivity index (χ1) is 7.53. The van der Waals surface area contributed by atoms with Gasteiger partial charge in [-0.3, -0.25) is 4.55 Å². The molecule has 2 rings (SSSR count). The van der Waals surface area contributed by atoms with Crippen molar-refractivity contribution in [2.75, 3.05) is 5.75 Å². The lowest BCUT2D eigenvalue weighted by Gasteiger charge is -1.82. The third-order valence-electron chi connectivity index (χ3n) is 1.66. The number of nitrogens with one attached hydrogen (secondary N) is 1. The number of H-pyrrole nitrogens is 1. The summed E-state index contributed by atoms with van der Waals surface area (Å²) < 4.78 is 27.3. The minimum Gasteiger partial charge on any atom is -0.345 e. The molecular formula is C10H12N2O3S. The molecule has 2 aromatic rings. The van der Waals surface area contributed by atoms with E-state index in [9.17, 15) is 8.42 Å². The Balaban J connectivity index is 0.000000168. The number of nitrogens with zero attached hydrogens (tertiary/aromatic N) is 1. The van der Waals surface area contributed by atoms with Crippen LogP contribution in [0.5, 0.6) is 0 Å². The van der Waals surface area contributed by atoms with Crippen LogP contribution < -0.4 is 0 Å². The Hall–Kier alpha value is -1.66. The summed E-state index contributed by atoms with van der Waals surface area (Å²) in [5.74, 6) is -0.368. The molecule has 0 aliphatic carbocycles. The molecule has 0 amide bonds. The molecule has 0 bridgehead atoms. The predicted octanol–water partition coefficient (Wildman–Crippen LogP) is 1.62. The van der Waals surface area contributed by atoms with E-state index in [1.165, 1.54) is 0 Å². The zero-order chi connectivity index (χ0) is 12.0. The third-order valence-corrected chi connectivity index (χ3v) is 2.31. The molecule has 1 heterocycles. The standard InChI is InChI=1S/C7H6N2.C3H6O3S/c1-2-4-7-6(3-1)8-5-9-7;1-2-3-7(4,5)6/h1-5H,(H,8,9);2H,1,3H2,(H,4,5,6). The van der Waals surface area contributed by atoms with E-state index < -0.39 is 10.1 Å². The van der Waals surface area contributed by atoms with E-state index in [-0.39, 0.29) is 5.75 Å². The fraction of sp³-hybridized carbons (Fsp3) is 0.100. The van der Waals surface area contributed by atoms with E-state index in [2.05, 4.69) is 16.5 Å². The second-order valence-corrected chi connectivity index (χ2v) is 4.45. The first-order valence-electron chi connectivity index (χ1n) is 4.47. The van der Waals surface area contributed by atoms with E-state index >= 15 is 0 Å². The number of aromatic amines is 1. The lowest BCUT2D eigenvalue weighted by Crippen LogP contribution is -1.99. The highest BCUT2D eigenvalue weighted by molar-refractivity contribution is 7.85. The Bertz CT molecular complexity index is 530. The maximum atomic E-state index is 9.72. The van der Waals surface area contributed by atoms with Crippen LogP contribution in [0.25, 0.3) is 11.0 Å². The number of fused-ring (bicyclic) bond motifs is 1. The van der Waals surface area contributed by atoms with Gasteiger partial charge in [-0.2, -0.15) is 8.42 Å². The van der Waals surface area contributed by atoms with Crippen molar-refractivity contribution in [1.82, 2.24) is 9.97 Å². The normalized spacial score (nSPS) is 10.6. The lowest BCUT2D eigenvalue weighted by molar-refractivity contribution is 0.487. The summed E-state index contributed by atoms with van der Waals surface area (Å²) >= 11 is 0. The van der Waals surface area contributed by atoms with Gasteiger partial charge in [0.15, 0.2) is 0 Å². The number of imidazole rings is 1. The van der Waals surface area contributed by atoms with Gasteiger partial charge in [-0.15, -0.1) is 6.58 Å². The summed E-state index contributed by atoms with van der Waals surface area (Å²) in [7, 11) is -3.79. The van der Waals surface area contributed by atoms with Gasteiger partial charge < -0.3 is 4.98 Å². The number of hydrogen-bond acceptors (Lipinski definition) is 3. The van der Waals surface area contributed by atoms with Gasteiger partial charge in [0.05, 0.1) is 23.1 Å². The highest BCUT2D eigenvalue weighted by Gasteiger charge is 1.95. The van der Waals surface area contributed by atoms with Crippen LogP contribution in [0.3, 0.4) is 0 Å². The van der Waals surface area contributed by atoms with E-state index in [4.69, 9.17) is 4.55 Å². The van der Waals surface area contributed by atoms with E-state index in [0.29, 0.717) is 0 Å². The summed E-state index contributed by atoms with van der Waals surface area (Å²) in [6.07, 6.45) is 2.82. The van der Waals surface area contributed by atoms with Crippen molar-refractivity contribution >= 4 is 21.2 Å². The van der Waals surface area contributed by atoms with E-state index in [1.54, 1.807) is 6.33 Å². The smallest absolute Gasteiger partial charge is 0.268 e. The molecule has 2 N–H and O–H groups in total. The molecule has 0 fully saturated rings. The summed E-state index contributed by atoms with van der Waals surface area (Å²) in [5.41, 5.74) is 2.12. The molecule has 0 radical (unpaired) electrons. The Morgan fingerprint density at radius 2 is 2.12 bits per heavy atom. The van der Waals surface area contributed by atoms with Gasteiger partial charge in [-0.1, -0.05) is 18.2 Å². The molecule has 86 valence electrons. The predicted molar refractivity (Wildman–Crippen MR) is 62.7 cm³/mol. The van der Waals surface area contributed by atoms with Crippen molar-refractivity contribution in [1.29, 1.82) is 0 Å². The lowest BCUT2D eigenvalue weighted by atomic mass is 10.3. The minimum atomic E-state index is -3.79. The van der Waals surface area contributed by atoms with Crippen molar-refractivity contribution in [3.8, 4) is 0 Å². The molecule has 16 heavy (non-hydrogen) atoms. The van der Waals surface area contributed by atoms with Crippen LogP contribution in [0, 0.1) is 0 Å². The molecule has 0 atom stereocenters. The first-order valence-corrected chi connectivity index (χ1v) is 6.08. The largest absolute Gasteiger partial charge is 0.345 e. The van der Waals surface area contributed by atoms with E-state index in [0.717, 1.165) is 17.1 Å². The molecule has 0 unspecified atom stereocenters. The van der Waals surface area contributed by atoms with Crippen molar-refractivity contribution in [3.05, 3.63) is 43.2 Å². The van der Waals surface area contributed by atoms with Crippen molar-refractivity contribution in [2.24, 2.45) is 0 Å². The molecule has 0 aliphatic rings. The highest BCUT2D eigenvalue weighted by atomic mass is 32.2. The van der Waals surface area contributed by atoms with Crippen LogP contribution in [0.15, 0.2) is 43.2 Å². The third kappa shape index (κ3) is 4.24. The fourth-order valence-corrected chi connectivity index (χ4v) is 1.33. The van der Waals surface area contributed by atoms with Crippen molar-refractivity contribution in [2.45, 2.75) is 0 Å². The number of aromatic nitrogens is 2. The van der Waals surface area contributed by atoms with Crippen LogP contribution in [0.2, 0.25) is 0 Å². The van der Waals surface area contributed by atoms with Gasteiger partial charge in [0.1, 0.15) is 0 Å². The monoisotopic (exact) mass is 240 g/mol. The number of rotatable bonds is 2. The number of benzene rings is 1. The molecule has 0 aliphatic heterocycles. The molecule has 0 saturated heterocycles. The zero-order valence-electron chi connectivity index (χ0n) is 8.50. The van der Waals surface area contributed by atoms with Crippen LogP contribution in [-0.2, 0) is 10.1 Å². The Kier molecular flexibility index (Phi) is 4.21. The second kappa shape index (κ2) is 5.43. The Labute approximate surface area is 93.6 Å². The molecule has 0 spiro atoms. The molecule has 1 aromatic carbocycles. The first kappa shape index (κ1) is 12.4.